The monoisotopic (exact) mass is 465 g/mol. The summed E-state index contributed by atoms with van der Waals surface area (Å²) in [6.45, 7) is 5.61. The summed E-state index contributed by atoms with van der Waals surface area (Å²) in [6, 6.07) is 21.1. The highest BCUT2D eigenvalue weighted by Crippen LogP contribution is 2.34. The summed E-state index contributed by atoms with van der Waals surface area (Å²) in [5.41, 5.74) is 8.22. The van der Waals surface area contributed by atoms with Crippen molar-refractivity contribution in [3.8, 4) is 16.9 Å². The molecule has 0 saturated carbocycles. The lowest BCUT2D eigenvalue weighted by atomic mass is 9.95. The van der Waals surface area contributed by atoms with Gasteiger partial charge in [-0.3, -0.25) is 0 Å². The van der Waals surface area contributed by atoms with Crippen LogP contribution in [-0.2, 0) is 6.54 Å². The first kappa shape index (κ1) is 22.3. The largest absolute Gasteiger partial charge is 0.496 e. The van der Waals surface area contributed by atoms with Gasteiger partial charge in [-0.15, -0.1) is 0 Å². The van der Waals surface area contributed by atoms with E-state index in [9.17, 15) is 0 Å². The third-order valence-electron chi connectivity index (χ3n) is 5.23. The van der Waals surface area contributed by atoms with Crippen LogP contribution in [0.5, 0.6) is 5.75 Å². The fraction of sp³-hybridized carbons (Fsp3) is 0.231. The molecule has 0 unspecified atom stereocenters. The molecule has 0 atom stereocenters. The number of hydrogen-bond donors (Lipinski definition) is 2. The Morgan fingerprint density at radius 3 is 2.53 bits per heavy atom. The molecular weight excluding hydrogens is 438 g/mol. The third kappa shape index (κ3) is 5.20. The van der Waals surface area contributed by atoms with Crippen LogP contribution < -0.4 is 10.1 Å². The second-order valence-electron chi connectivity index (χ2n) is 7.26. The molecule has 0 aliphatic carbocycles. The maximum absolute atomic E-state index is 8.98. The van der Waals surface area contributed by atoms with Gasteiger partial charge in [-0.2, -0.15) is 0 Å². The summed E-state index contributed by atoms with van der Waals surface area (Å²) in [5.74, 6) is 0.840. The minimum atomic E-state index is 0.121. The van der Waals surface area contributed by atoms with Gasteiger partial charge in [-0.25, -0.2) is 0 Å². The molecule has 2 N–H and O–H groups in total. The first-order chi connectivity index (χ1) is 14.5. The van der Waals surface area contributed by atoms with Crippen molar-refractivity contribution in [3.63, 3.8) is 0 Å². The lowest BCUT2D eigenvalue weighted by Crippen LogP contribution is -2.18. The quantitative estimate of drug-likeness (QED) is 0.318. The molecule has 3 aromatic carbocycles. The molecule has 0 aliphatic heterocycles. The topological polar surface area (TPSA) is 41.5 Å². The van der Waals surface area contributed by atoms with Crippen LogP contribution in [0.1, 0.15) is 27.8 Å². The van der Waals surface area contributed by atoms with E-state index in [0.29, 0.717) is 13.1 Å². The number of aliphatic hydroxyl groups excluding tert-OH is 1. The minimum Gasteiger partial charge on any atom is -0.496 e. The zero-order chi connectivity index (χ0) is 21.5. The van der Waals surface area contributed by atoms with Gasteiger partial charge in [-0.05, 0) is 59.4 Å². The zero-order valence-corrected chi connectivity index (χ0v) is 19.3. The number of ether oxygens (including phenoxy) is 1. The van der Waals surface area contributed by atoms with Gasteiger partial charge in [0, 0.05) is 23.1 Å². The number of methoxy groups -OCH3 is 1. The second-order valence-corrected chi connectivity index (χ2v) is 8.11. The molecule has 0 heterocycles. The molecule has 0 saturated heterocycles. The molecule has 30 heavy (non-hydrogen) atoms. The predicted molar refractivity (Wildman–Crippen MR) is 130 cm³/mol. The molecule has 0 radical (unpaired) electrons. The van der Waals surface area contributed by atoms with Crippen LogP contribution in [0.2, 0.25) is 0 Å². The summed E-state index contributed by atoms with van der Waals surface area (Å²) < 4.78 is 6.65. The van der Waals surface area contributed by atoms with E-state index in [1.165, 1.54) is 27.8 Å². The van der Waals surface area contributed by atoms with Crippen molar-refractivity contribution in [3.05, 3.63) is 88.5 Å². The summed E-state index contributed by atoms with van der Waals surface area (Å²) in [7, 11) is 1.69. The first-order valence-electron chi connectivity index (χ1n) is 10.1. The van der Waals surface area contributed by atoms with Crippen molar-refractivity contribution >= 4 is 26.5 Å². The molecular formula is C26H28BrNO2. The summed E-state index contributed by atoms with van der Waals surface area (Å²) in [4.78, 5) is 0. The zero-order valence-electron chi connectivity index (χ0n) is 17.7. The number of benzene rings is 3. The Morgan fingerprint density at radius 2 is 1.83 bits per heavy atom. The fourth-order valence-corrected chi connectivity index (χ4v) is 4.26. The number of hydrogen-bond acceptors (Lipinski definition) is 3. The summed E-state index contributed by atoms with van der Waals surface area (Å²) in [5, 5.41) is 12.2. The summed E-state index contributed by atoms with van der Waals surface area (Å²) >= 11 is 3.81. The Labute approximate surface area is 187 Å². The number of aryl methyl sites for hydroxylation is 1. The van der Waals surface area contributed by atoms with Crippen LogP contribution in [0, 0.1) is 13.8 Å². The van der Waals surface area contributed by atoms with E-state index in [4.69, 9.17) is 9.84 Å². The van der Waals surface area contributed by atoms with Crippen molar-refractivity contribution in [2.24, 2.45) is 0 Å². The fourth-order valence-electron chi connectivity index (χ4n) is 3.59. The highest BCUT2D eigenvalue weighted by atomic mass is 79.9. The Bertz CT molecular complexity index is 1030. The van der Waals surface area contributed by atoms with Crippen molar-refractivity contribution in [2.75, 3.05) is 20.3 Å². The van der Waals surface area contributed by atoms with Crippen LogP contribution in [-0.4, -0.2) is 25.4 Å². The molecule has 0 aromatic heterocycles. The molecule has 0 aliphatic rings. The van der Waals surface area contributed by atoms with E-state index in [-0.39, 0.29) is 6.61 Å². The van der Waals surface area contributed by atoms with Crippen molar-refractivity contribution < 1.29 is 9.84 Å². The maximum Gasteiger partial charge on any atom is 0.123 e. The highest BCUT2D eigenvalue weighted by Gasteiger charge is 2.11. The molecule has 0 amide bonds. The lowest BCUT2D eigenvalue weighted by Gasteiger charge is -2.14. The van der Waals surface area contributed by atoms with Gasteiger partial charge in [0.25, 0.3) is 0 Å². The molecule has 0 spiro atoms. The Kier molecular flexibility index (Phi) is 7.86. The molecule has 156 valence electrons. The van der Waals surface area contributed by atoms with Gasteiger partial charge in [0.2, 0.25) is 0 Å². The first-order valence-corrected chi connectivity index (χ1v) is 10.9. The van der Waals surface area contributed by atoms with Crippen molar-refractivity contribution in [1.29, 1.82) is 0 Å². The predicted octanol–water partition coefficient (Wildman–Crippen LogP) is 5.95. The Morgan fingerprint density at radius 1 is 1.07 bits per heavy atom. The van der Waals surface area contributed by atoms with E-state index >= 15 is 0 Å². The van der Waals surface area contributed by atoms with E-state index in [0.717, 1.165) is 21.4 Å². The summed E-state index contributed by atoms with van der Waals surface area (Å²) in [6.07, 6.45) is 2.15. The normalized spacial score (nSPS) is 11.6. The lowest BCUT2D eigenvalue weighted by molar-refractivity contribution is 0.291. The Hall–Kier alpha value is -2.40. The number of nitrogens with one attached hydrogen (secondary N) is 1. The van der Waals surface area contributed by atoms with Crippen LogP contribution in [0.25, 0.3) is 21.7 Å². The van der Waals surface area contributed by atoms with Crippen LogP contribution >= 0.6 is 15.9 Å². The average molecular weight is 466 g/mol. The molecule has 0 bridgehead atoms. The van der Waals surface area contributed by atoms with Gasteiger partial charge in [0.15, 0.2) is 0 Å². The third-order valence-corrected chi connectivity index (χ3v) is 5.89. The van der Waals surface area contributed by atoms with E-state index < -0.39 is 0 Å². The SMILES string of the molecule is COc1cc(/C=C(\Br)c2cccc(-c3ccccc3)c2C)c(C)cc1CNCCO. The number of aliphatic hydroxyl groups is 1. The van der Waals surface area contributed by atoms with E-state index in [1.807, 2.05) is 6.07 Å². The van der Waals surface area contributed by atoms with Gasteiger partial charge in [0.05, 0.1) is 13.7 Å². The van der Waals surface area contributed by atoms with E-state index in [2.05, 4.69) is 95.8 Å². The highest BCUT2D eigenvalue weighted by molar-refractivity contribution is 9.15. The number of halogens is 1. The molecule has 3 rings (SSSR count). The average Bonchev–Trinajstić information content (AvgIpc) is 2.76. The molecule has 4 heteroatoms. The van der Waals surface area contributed by atoms with Crippen LogP contribution in [0.4, 0.5) is 0 Å². The standard InChI is InChI=1S/C26H28BrNO2/c1-18-14-22(17-28-12-13-29)26(30-3)16-21(18)15-25(27)24-11-7-10-23(19(24)2)20-8-5-4-6-9-20/h4-11,14-16,28-29H,12-13,17H2,1-3H3/b25-15-. The number of rotatable bonds is 8. The maximum atomic E-state index is 8.98. The second kappa shape index (κ2) is 10.6. The minimum absolute atomic E-state index is 0.121. The molecule has 3 aromatic rings. The van der Waals surface area contributed by atoms with Gasteiger partial charge in [-0.1, -0.05) is 70.5 Å². The van der Waals surface area contributed by atoms with Crippen LogP contribution in [0.3, 0.4) is 0 Å². The van der Waals surface area contributed by atoms with Crippen molar-refractivity contribution in [2.45, 2.75) is 20.4 Å². The van der Waals surface area contributed by atoms with Gasteiger partial charge in [0.1, 0.15) is 5.75 Å². The Balaban J connectivity index is 1.96. The molecule has 3 nitrogen and oxygen atoms in total. The smallest absolute Gasteiger partial charge is 0.123 e. The van der Waals surface area contributed by atoms with Gasteiger partial charge < -0.3 is 15.2 Å². The van der Waals surface area contributed by atoms with Gasteiger partial charge >= 0.3 is 0 Å². The molecule has 0 fully saturated rings. The van der Waals surface area contributed by atoms with E-state index in [1.54, 1.807) is 7.11 Å². The van der Waals surface area contributed by atoms with Crippen molar-refractivity contribution in [1.82, 2.24) is 5.32 Å². The van der Waals surface area contributed by atoms with Crippen LogP contribution in [0.15, 0.2) is 60.7 Å².